The highest BCUT2D eigenvalue weighted by Gasteiger charge is 2.07. The van der Waals surface area contributed by atoms with E-state index in [1.54, 1.807) is 7.11 Å². The fraction of sp³-hybridized carbons (Fsp3) is 0.643. The molecule has 0 bridgehead atoms. The molecule has 0 aromatic carbocycles. The zero-order valence-electron chi connectivity index (χ0n) is 11.9. The molecule has 1 atom stereocenters. The average molecular weight is 267 g/mol. The molecular weight excluding hydrogens is 242 g/mol. The number of nitrogens with zero attached hydrogens (tertiary/aromatic N) is 2. The molecule has 19 heavy (non-hydrogen) atoms. The van der Waals surface area contributed by atoms with Gasteiger partial charge in [-0.25, -0.2) is 0 Å². The molecule has 0 spiro atoms. The second kappa shape index (κ2) is 9.86. The number of likely N-dealkylation sites (N-methyl/N-ethyl adjacent to an activating group) is 1. The van der Waals surface area contributed by atoms with E-state index in [1.165, 1.54) is 5.56 Å². The molecular formula is C14H25N3O2. The Hall–Kier alpha value is -1.01. The normalized spacial score (nSPS) is 12.8. The van der Waals surface area contributed by atoms with E-state index in [0.717, 1.165) is 19.5 Å². The van der Waals surface area contributed by atoms with Crippen LogP contribution in [0.4, 0.5) is 0 Å². The number of ether oxygens (including phenoxy) is 1. The van der Waals surface area contributed by atoms with Crippen LogP contribution in [0, 0.1) is 0 Å². The molecule has 1 unspecified atom stereocenters. The van der Waals surface area contributed by atoms with Crippen molar-refractivity contribution in [1.82, 2.24) is 15.2 Å². The van der Waals surface area contributed by atoms with Crippen molar-refractivity contribution < 1.29 is 9.84 Å². The third-order valence-electron chi connectivity index (χ3n) is 2.92. The quantitative estimate of drug-likeness (QED) is 0.591. The lowest BCUT2D eigenvalue weighted by Crippen LogP contribution is -2.38. The summed E-state index contributed by atoms with van der Waals surface area (Å²) in [5.74, 6) is 0. The van der Waals surface area contributed by atoms with Gasteiger partial charge >= 0.3 is 0 Å². The zero-order chi connectivity index (χ0) is 13.9. The highest BCUT2D eigenvalue weighted by Crippen LogP contribution is 1.99. The van der Waals surface area contributed by atoms with Gasteiger partial charge in [0.2, 0.25) is 0 Å². The predicted molar refractivity (Wildman–Crippen MR) is 76.2 cm³/mol. The lowest BCUT2D eigenvalue weighted by molar-refractivity contribution is 0.120. The molecule has 0 aliphatic rings. The largest absolute Gasteiger partial charge is 0.390 e. The average Bonchev–Trinajstić information content (AvgIpc) is 2.42. The minimum atomic E-state index is -0.348. The third-order valence-corrected chi connectivity index (χ3v) is 2.92. The summed E-state index contributed by atoms with van der Waals surface area (Å²) in [6.07, 6.45) is 4.25. The van der Waals surface area contributed by atoms with Gasteiger partial charge in [0, 0.05) is 45.7 Å². The van der Waals surface area contributed by atoms with E-state index in [2.05, 4.69) is 15.2 Å². The Bertz CT molecular complexity index is 322. The van der Waals surface area contributed by atoms with Crippen LogP contribution in [0.1, 0.15) is 5.56 Å². The molecule has 0 amide bonds. The Morgan fingerprint density at radius 2 is 2.16 bits per heavy atom. The first-order valence-corrected chi connectivity index (χ1v) is 6.67. The van der Waals surface area contributed by atoms with Crippen LogP contribution >= 0.6 is 0 Å². The Morgan fingerprint density at radius 1 is 1.42 bits per heavy atom. The standard InChI is InChI=1S/C14H25N3O2/c1-17(9-5-13-3-6-15-7-4-13)12-14(18)11-16-8-10-19-2/h3-4,6-7,14,16,18H,5,8-12H2,1-2H3. The summed E-state index contributed by atoms with van der Waals surface area (Å²) in [4.78, 5) is 6.14. The highest BCUT2D eigenvalue weighted by atomic mass is 16.5. The second-order valence-electron chi connectivity index (χ2n) is 4.72. The summed E-state index contributed by atoms with van der Waals surface area (Å²) in [6, 6.07) is 4.05. The van der Waals surface area contributed by atoms with Crippen LogP contribution in [0.2, 0.25) is 0 Å². The molecule has 0 fully saturated rings. The van der Waals surface area contributed by atoms with Crippen molar-refractivity contribution in [1.29, 1.82) is 0 Å². The summed E-state index contributed by atoms with van der Waals surface area (Å²) in [7, 11) is 3.70. The van der Waals surface area contributed by atoms with Gasteiger partial charge in [0.15, 0.2) is 0 Å². The van der Waals surface area contributed by atoms with Crippen LogP contribution in [0.25, 0.3) is 0 Å². The Kier molecular flexibility index (Phi) is 8.33. The first-order valence-electron chi connectivity index (χ1n) is 6.67. The maximum atomic E-state index is 9.86. The first-order chi connectivity index (χ1) is 9.22. The maximum absolute atomic E-state index is 9.86. The fourth-order valence-corrected chi connectivity index (χ4v) is 1.83. The van der Waals surface area contributed by atoms with Crippen LogP contribution < -0.4 is 5.32 Å². The molecule has 5 nitrogen and oxygen atoms in total. The molecule has 2 N–H and O–H groups in total. The van der Waals surface area contributed by atoms with E-state index in [1.807, 2.05) is 31.6 Å². The Balaban J connectivity index is 2.11. The van der Waals surface area contributed by atoms with Crippen molar-refractivity contribution in [3.05, 3.63) is 30.1 Å². The first kappa shape index (κ1) is 16.0. The monoisotopic (exact) mass is 267 g/mol. The molecule has 108 valence electrons. The van der Waals surface area contributed by atoms with E-state index < -0.39 is 0 Å². The molecule has 1 rings (SSSR count). The molecule has 1 aromatic rings. The number of nitrogens with one attached hydrogen (secondary N) is 1. The van der Waals surface area contributed by atoms with Crippen LogP contribution in [0.3, 0.4) is 0 Å². The number of aliphatic hydroxyl groups is 1. The molecule has 0 saturated carbocycles. The number of pyridine rings is 1. The van der Waals surface area contributed by atoms with Crippen molar-refractivity contribution in [2.24, 2.45) is 0 Å². The number of hydrogen-bond donors (Lipinski definition) is 2. The van der Waals surface area contributed by atoms with Gasteiger partial charge in [-0.15, -0.1) is 0 Å². The van der Waals surface area contributed by atoms with E-state index in [4.69, 9.17) is 4.74 Å². The Morgan fingerprint density at radius 3 is 2.84 bits per heavy atom. The van der Waals surface area contributed by atoms with Crippen LogP contribution in [0.15, 0.2) is 24.5 Å². The molecule has 0 aliphatic carbocycles. The van der Waals surface area contributed by atoms with Crippen LogP contribution in [-0.4, -0.2) is 68.0 Å². The lowest BCUT2D eigenvalue weighted by Gasteiger charge is -2.20. The number of aromatic nitrogens is 1. The van der Waals surface area contributed by atoms with Gasteiger partial charge in [-0.2, -0.15) is 0 Å². The maximum Gasteiger partial charge on any atom is 0.0791 e. The molecule has 1 heterocycles. The number of aliphatic hydroxyl groups excluding tert-OH is 1. The topological polar surface area (TPSA) is 57.6 Å². The van der Waals surface area contributed by atoms with Crippen LogP contribution in [-0.2, 0) is 11.2 Å². The van der Waals surface area contributed by atoms with Crippen molar-refractivity contribution in [3.63, 3.8) is 0 Å². The summed E-state index contributed by atoms with van der Waals surface area (Å²) in [6.45, 7) is 3.64. The van der Waals surface area contributed by atoms with Crippen molar-refractivity contribution in [2.45, 2.75) is 12.5 Å². The minimum absolute atomic E-state index is 0.348. The summed E-state index contributed by atoms with van der Waals surface area (Å²) in [5, 5.41) is 13.0. The third kappa shape index (κ3) is 7.89. The van der Waals surface area contributed by atoms with Crippen LogP contribution in [0.5, 0.6) is 0 Å². The number of hydrogen-bond acceptors (Lipinski definition) is 5. The van der Waals surface area contributed by atoms with Gasteiger partial charge in [0.1, 0.15) is 0 Å². The van der Waals surface area contributed by atoms with Gasteiger partial charge in [-0.1, -0.05) is 0 Å². The van der Waals surface area contributed by atoms with Crippen molar-refractivity contribution >= 4 is 0 Å². The molecule has 0 aliphatic heterocycles. The van der Waals surface area contributed by atoms with Gasteiger partial charge in [0.25, 0.3) is 0 Å². The van der Waals surface area contributed by atoms with Crippen molar-refractivity contribution in [3.8, 4) is 0 Å². The van der Waals surface area contributed by atoms with E-state index >= 15 is 0 Å². The van der Waals surface area contributed by atoms with E-state index in [9.17, 15) is 5.11 Å². The van der Waals surface area contributed by atoms with Crippen molar-refractivity contribution in [2.75, 3.05) is 46.9 Å². The molecule has 0 saturated heterocycles. The second-order valence-corrected chi connectivity index (χ2v) is 4.72. The van der Waals surface area contributed by atoms with Gasteiger partial charge in [-0.05, 0) is 31.2 Å². The lowest BCUT2D eigenvalue weighted by atomic mass is 10.2. The fourth-order valence-electron chi connectivity index (χ4n) is 1.83. The summed E-state index contributed by atoms with van der Waals surface area (Å²) >= 11 is 0. The number of methoxy groups -OCH3 is 1. The Labute approximate surface area is 115 Å². The van der Waals surface area contributed by atoms with Gasteiger partial charge < -0.3 is 20.1 Å². The van der Waals surface area contributed by atoms with Gasteiger partial charge in [0.05, 0.1) is 12.7 Å². The predicted octanol–water partition coefficient (Wildman–Crippen LogP) is 0.153. The van der Waals surface area contributed by atoms with Gasteiger partial charge in [-0.3, -0.25) is 4.98 Å². The van der Waals surface area contributed by atoms with E-state index in [0.29, 0.717) is 19.7 Å². The summed E-state index contributed by atoms with van der Waals surface area (Å²) < 4.78 is 4.93. The molecule has 1 aromatic heterocycles. The molecule has 0 radical (unpaired) electrons. The minimum Gasteiger partial charge on any atom is -0.390 e. The smallest absolute Gasteiger partial charge is 0.0791 e. The SMILES string of the molecule is COCCNCC(O)CN(C)CCc1ccncc1. The number of rotatable bonds is 10. The highest BCUT2D eigenvalue weighted by molar-refractivity contribution is 5.09. The zero-order valence-corrected chi connectivity index (χ0v) is 11.9. The van der Waals surface area contributed by atoms with E-state index in [-0.39, 0.29) is 6.10 Å². The summed E-state index contributed by atoms with van der Waals surface area (Å²) in [5.41, 5.74) is 1.27. The molecule has 5 heteroatoms.